The van der Waals surface area contributed by atoms with Crippen LogP contribution in [-0.4, -0.2) is 15.9 Å². The fourth-order valence-electron chi connectivity index (χ4n) is 2.57. The van der Waals surface area contributed by atoms with E-state index in [0.717, 1.165) is 18.7 Å². The van der Waals surface area contributed by atoms with Crippen LogP contribution in [0.4, 0.5) is 18.9 Å². The maximum atomic E-state index is 12.7. The van der Waals surface area contributed by atoms with Crippen LogP contribution >= 0.6 is 0 Å². The third-order valence-corrected chi connectivity index (χ3v) is 4.06. The molecule has 2 unspecified atom stereocenters. The summed E-state index contributed by atoms with van der Waals surface area (Å²) in [6.07, 6.45) is -2.80. The lowest BCUT2D eigenvalue weighted by Crippen LogP contribution is -2.10. The van der Waals surface area contributed by atoms with E-state index in [1.165, 1.54) is 0 Å². The van der Waals surface area contributed by atoms with Gasteiger partial charge in [-0.2, -0.15) is 13.2 Å². The van der Waals surface area contributed by atoms with E-state index in [2.05, 4.69) is 5.16 Å². The number of rotatable bonds is 4. The highest BCUT2D eigenvalue weighted by atomic mass is 19.4. The molecule has 9 heteroatoms. The molecule has 0 bridgehead atoms. The van der Waals surface area contributed by atoms with Crippen molar-refractivity contribution in [1.82, 2.24) is 5.16 Å². The van der Waals surface area contributed by atoms with Crippen LogP contribution in [0.15, 0.2) is 28.9 Å². The topological polar surface area (TPSA) is 86.2 Å². The summed E-state index contributed by atoms with van der Waals surface area (Å²) in [4.78, 5) is 22.7. The Balaban J connectivity index is 2.04. The van der Waals surface area contributed by atoms with Gasteiger partial charge >= 0.3 is 6.18 Å². The van der Waals surface area contributed by atoms with Gasteiger partial charge in [0.1, 0.15) is 5.56 Å². The molecule has 126 valence electrons. The Morgan fingerprint density at radius 3 is 2.58 bits per heavy atom. The van der Waals surface area contributed by atoms with Crippen LogP contribution in [-0.2, 0) is 6.18 Å². The van der Waals surface area contributed by atoms with Crippen molar-refractivity contribution < 1.29 is 27.4 Å². The van der Waals surface area contributed by atoms with Crippen LogP contribution in [0.1, 0.15) is 46.5 Å². The Labute approximate surface area is 133 Å². The lowest BCUT2D eigenvalue weighted by molar-refractivity contribution is -0.385. The summed E-state index contributed by atoms with van der Waals surface area (Å²) in [6, 6.07) is 1.82. The molecule has 1 saturated carbocycles. The molecule has 6 nitrogen and oxygen atoms in total. The van der Waals surface area contributed by atoms with Crippen molar-refractivity contribution >= 4 is 11.5 Å². The van der Waals surface area contributed by atoms with Gasteiger partial charge in [0.15, 0.2) is 5.76 Å². The third kappa shape index (κ3) is 2.77. The van der Waals surface area contributed by atoms with E-state index >= 15 is 0 Å². The minimum Gasteiger partial charge on any atom is -0.360 e. The maximum Gasteiger partial charge on any atom is 0.416 e. The highest BCUT2D eigenvalue weighted by molar-refractivity contribution is 6.12. The van der Waals surface area contributed by atoms with Gasteiger partial charge in [-0.3, -0.25) is 14.9 Å². The van der Waals surface area contributed by atoms with Crippen molar-refractivity contribution in [1.29, 1.82) is 0 Å². The Kier molecular flexibility index (Phi) is 3.66. The summed E-state index contributed by atoms with van der Waals surface area (Å²) < 4.78 is 43.2. The van der Waals surface area contributed by atoms with Crippen molar-refractivity contribution in [3.63, 3.8) is 0 Å². The van der Waals surface area contributed by atoms with Crippen molar-refractivity contribution in [2.75, 3.05) is 0 Å². The van der Waals surface area contributed by atoms with E-state index < -0.39 is 33.7 Å². The first-order valence-electron chi connectivity index (χ1n) is 7.05. The van der Waals surface area contributed by atoms with E-state index in [9.17, 15) is 28.1 Å². The lowest BCUT2D eigenvalue weighted by atomic mass is 9.99. The fourth-order valence-corrected chi connectivity index (χ4v) is 2.57. The minimum absolute atomic E-state index is 0.0000421. The first-order valence-corrected chi connectivity index (χ1v) is 7.05. The predicted octanol–water partition coefficient (Wildman–Crippen LogP) is 3.96. The van der Waals surface area contributed by atoms with Gasteiger partial charge < -0.3 is 4.52 Å². The monoisotopic (exact) mass is 340 g/mol. The molecule has 0 saturated heterocycles. The van der Waals surface area contributed by atoms with Gasteiger partial charge in [-0.25, -0.2) is 0 Å². The van der Waals surface area contributed by atoms with Crippen LogP contribution < -0.4 is 0 Å². The first kappa shape index (κ1) is 16.2. The van der Waals surface area contributed by atoms with Gasteiger partial charge in [-0.05, 0) is 24.5 Å². The van der Waals surface area contributed by atoms with Gasteiger partial charge in [0.05, 0.1) is 22.2 Å². The summed E-state index contributed by atoms with van der Waals surface area (Å²) in [5, 5.41) is 14.7. The van der Waals surface area contributed by atoms with Crippen LogP contribution in [0.3, 0.4) is 0 Å². The van der Waals surface area contributed by atoms with E-state index in [-0.39, 0.29) is 11.5 Å². The average Bonchev–Trinajstić information content (AvgIpc) is 3.04. The summed E-state index contributed by atoms with van der Waals surface area (Å²) in [6.45, 7) is 1.95. The number of aromatic nitrogens is 1. The molecule has 1 aliphatic carbocycles. The third-order valence-electron chi connectivity index (χ3n) is 4.06. The molecule has 0 spiro atoms. The molecule has 24 heavy (non-hydrogen) atoms. The number of halogens is 3. The Morgan fingerprint density at radius 2 is 2.04 bits per heavy atom. The molecule has 0 aliphatic heterocycles. The molecule has 1 aromatic carbocycles. The fraction of sp³-hybridized carbons (Fsp3) is 0.333. The Bertz CT molecular complexity index is 828. The number of hydrogen-bond donors (Lipinski definition) is 0. The van der Waals surface area contributed by atoms with Crippen LogP contribution in [0.25, 0.3) is 0 Å². The van der Waals surface area contributed by atoms with Crippen LogP contribution in [0.2, 0.25) is 0 Å². The quantitative estimate of drug-likeness (QED) is 0.478. The molecule has 1 aliphatic rings. The predicted molar refractivity (Wildman–Crippen MR) is 74.6 cm³/mol. The zero-order chi connectivity index (χ0) is 17.6. The number of nitro benzene ring substituents is 1. The highest BCUT2D eigenvalue weighted by Gasteiger charge is 2.41. The molecule has 0 amide bonds. The number of carbonyl (C=O) groups is 1. The second kappa shape index (κ2) is 5.43. The molecule has 3 rings (SSSR count). The van der Waals surface area contributed by atoms with Crippen LogP contribution in [0.5, 0.6) is 0 Å². The smallest absolute Gasteiger partial charge is 0.360 e. The number of alkyl halides is 3. The summed E-state index contributed by atoms with van der Waals surface area (Å²) >= 11 is 0. The van der Waals surface area contributed by atoms with Gasteiger partial charge in [0.2, 0.25) is 5.78 Å². The SMILES string of the molecule is CC1CC1c1oncc1C(=O)c1ccc(C(F)(F)F)cc1[N+](=O)[O-]. The van der Waals surface area contributed by atoms with Gasteiger partial charge in [-0.1, -0.05) is 12.1 Å². The standard InChI is InChI=1S/C15H11F3N2O4/c1-7-4-10(7)14-11(6-19-24-14)13(21)9-3-2-8(15(16,17)18)5-12(9)20(22)23/h2-3,5-7,10H,4H2,1H3. The molecule has 0 radical (unpaired) electrons. The molecule has 2 atom stereocenters. The average molecular weight is 340 g/mol. The van der Waals surface area contributed by atoms with Gasteiger partial charge in [-0.15, -0.1) is 0 Å². The molecule has 0 N–H and O–H groups in total. The Hall–Kier alpha value is -2.71. The van der Waals surface area contributed by atoms with Crippen molar-refractivity contribution in [3.05, 3.63) is 57.0 Å². The highest BCUT2D eigenvalue weighted by Crippen LogP contribution is 2.48. The van der Waals surface area contributed by atoms with E-state index in [1.807, 2.05) is 6.92 Å². The zero-order valence-corrected chi connectivity index (χ0v) is 12.3. The van der Waals surface area contributed by atoms with Crippen molar-refractivity contribution in [3.8, 4) is 0 Å². The second-order valence-electron chi connectivity index (χ2n) is 5.74. The maximum absolute atomic E-state index is 12.7. The van der Waals surface area contributed by atoms with E-state index in [4.69, 9.17) is 4.52 Å². The van der Waals surface area contributed by atoms with E-state index in [0.29, 0.717) is 23.8 Å². The summed E-state index contributed by atoms with van der Waals surface area (Å²) in [5.74, 6) is -0.153. The number of nitro groups is 1. The van der Waals surface area contributed by atoms with E-state index in [1.54, 1.807) is 0 Å². The number of benzene rings is 1. The number of nitrogens with zero attached hydrogens (tertiary/aromatic N) is 2. The molecular formula is C15H11F3N2O4. The minimum atomic E-state index is -4.74. The molecular weight excluding hydrogens is 329 g/mol. The lowest BCUT2D eigenvalue weighted by Gasteiger charge is -2.08. The second-order valence-corrected chi connectivity index (χ2v) is 5.74. The van der Waals surface area contributed by atoms with Gasteiger partial charge in [0.25, 0.3) is 5.69 Å². The largest absolute Gasteiger partial charge is 0.416 e. The summed E-state index contributed by atoms with van der Waals surface area (Å²) in [7, 11) is 0. The molecule has 1 heterocycles. The number of carbonyl (C=O) groups excluding carboxylic acids is 1. The summed E-state index contributed by atoms with van der Waals surface area (Å²) in [5.41, 5.74) is -2.46. The molecule has 1 aromatic heterocycles. The zero-order valence-electron chi connectivity index (χ0n) is 12.3. The van der Waals surface area contributed by atoms with Crippen molar-refractivity contribution in [2.45, 2.75) is 25.4 Å². The number of ketones is 1. The first-order chi connectivity index (χ1) is 11.2. The molecule has 2 aromatic rings. The normalized spacial score (nSPS) is 20.0. The Morgan fingerprint density at radius 1 is 1.38 bits per heavy atom. The van der Waals surface area contributed by atoms with Crippen molar-refractivity contribution in [2.24, 2.45) is 5.92 Å². The number of hydrogen-bond acceptors (Lipinski definition) is 5. The van der Waals surface area contributed by atoms with Gasteiger partial charge in [0, 0.05) is 12.0 Å². The molecule has 1 fully saturated rings. The van der Waals surface area contributed by atoms with Crippen LogP contribution in [0, 0.1) is 16.0 Å².